The second kappa shape index (κ2) is 5.04. The van der Waals surface area contributed by atoms with Crippen molar-refractivity contribution in [3.05, 3.63) is 18.0 Å². The lowest BCUT2D eigenvalue weighted by molar-refractivity contribution is -0.0129. The number of nitrogens with zero attached hydrogens (tertiary/aromatic N) is 2. The van der Waals surface area contributed by atoms with Crippen LogP contribution in [0.3, 0.4) is 0 Å². The Morgan fingerprint density at radius 1 is 1.44 bits per heavy atom. The fraction of sp³-hybridized carbons (Fsp3) is 0.800. The van der Waals surface area contributed by atoms with Gasteiger partial charge in [0.1, 0.15) is 0 Å². The SMILES string of the molecule is CC1CCC(C(C)(C)Cc2ccn(C)n2)C(O)C1. The Balaban J connectivity index is 2.05. The van der Waals surface area contributed by atoms with Gasteiger partial charge in [0.05, 0.1) is 11.8 Å². The molecule has 3 atom stereocenters. The van der Waals surface area contributed by atoms with Crippen molar-refractivity contribution in [1.29, 1.82) is 0 Å². The van der Waals surface area contributed by atoms with Crippen LogP contribution < -0.4 is 0 Å². The summed E-state index contributed by atoms with van der Waals surface area (Å²) in [5.41, 5.74) is 1.25. The quantitative estimate of drug-likeness (QED) is 0.895. The summed E-state index contributed by atoms with van der Waals surface area (Å²) in [6.07, 6.45) is 6.13. The molecule has 0 saturated heterocycles. The maximum Gasteiger partial charge on any atom is 0.0629 e. The standard InChI is InChI=1S/C15H26N2O/c1-11-5-6-13(14(18)9-11)15(2,3)10-12-7-8-17(4)16-12/h7-8,11,13-14,18H,5-6,9-10H2,1-4H3. The molecule has 102 valence electrons. The third-order valence-corrected chi connectivity index (χ3v) is 4.49. The topological polar surface area (TPSA) is 38.0 Å². The maximum atomic E-state index is 10.3. The highest BCUT2D eigenvalue weighted by Crippen LogP contribution is 2.42. The molecule has 0 amide bonds. The Labute approximate surface area is 110 Å². The van der Waals surface area contributed by atoms with Crippen LogP contribution >= 0.6 is 0 Å². The third kappa shape index (κ3) is 2.94. The lowest BCUT2D eigenvalue weighted by atomic mass is 9.66. The first-order chi connectivity index (χ1) is 8.38. The molecule has 0 aliphatic heterocycles. The van der Waals surface area contributed by atoms with Crippen molar-refractivity contribution >= 4 is 0 Å². The van der Waals surface area contributed by atoms with Gasteiger partial charge < -0.3 is 5.11 Å². The van der Waals surface area contributed by atoms with Gasteiger partial charge in [-0.3, -0.25) is 4.68 Å². The van der Waals surface area contributed by atoms with E-state index in [0.29, 0.717) is 11.8 Å². The molecule has 1 heterocycles. The van der Waals surface area contributed by atoms with E-state index in [0.717, 1.165) is 25.0 Å². The van der Waals surface area contributed by atoms with Crippen LogP contribution in [0.4, 0.5) is 0 Å². The monoisotopic (exact) mass is 250 g/mol. The number of aryl methyl sites for hydroxylation is 1. The number of hydrogen-bond acceptors (Lipinski definition) is 2. The molecule has 1 aliphatic carbocycles. The van der Waals surface area contributed by atoms with Gasteiger partial charge in [-0.1, -0.05) is 27.2 Å². The summed E-state index contributed by atoms with van der Waals surface area (Å²) in [5.74, 6) is 1.07. The molecule has 0 bridgehead atoms. The fourth-order valence-electron chi connectivity index (χ4n) is 3.42. The third-order valence-electron chi connectivity index (χ3n) is 4.49. The summed E-state index contributed by atoms with van der Waals surface area (Å²) in [5, 5.41) is 14.8. The fourth-order valence-corrected chi connectivity index (χ4v) is 3.42. The predicted molar refractivity (Wildman–Crippen MR) is 73.2 cm³/mol. The van der Waals surface area contributed by atoms with Gasteiger partial charge in [0.25, 0.3) is 0 Å². The van der Waals surface area contributed by atoms with Crippen LogP contribution in [-0.4, -0.2) is 21.0 Å². The van der Waals surface area contributed by atoms with Crippen LogP contribution in [0.5, 0.6) is 0 Å². The van der Waals surface area contributed by atoms with E-state index >= 15 is 0 Å². The van der Waals surface area contributed by atoms with E-state index in [9.17, 15) is 5.11 Å². The summed E-state index contributed by atoms with van der Waals surface area (Å²) < 4.78 is 1.85. The number of rotatable bonds is 3. The number of aliphatic hydroxyl groups excluding tert-OH is 1. The average molecular weight is 250 g/mol. The molecule has 1 aromatic rings. The highest BCUT2D eigenvalue weighted by molar-refractivity contribution is 5.04. The molecule has 1 aliphatic rings. The first kappa shape index (κ1) is 13.6. The molecule has 1 saturated carbocycles. The molecule has 3 nitrogen and oxygen atoms in total. The van der Waals surface area contributed by atoms with Crippen LogP contribution in [0.2, 0.25) is 0 Å². The normalized spacial score (nSPS) is 29.5. The molecule has 2 rings (SSSR count). The molecular weight excluding hydrogens is 224 g/mol. The van der Waals surface area contributed by atoms with Crippen molar-refractivity contribution in [2.24, 2.45) is 24.3 Å². The van der Waals surface area contributed by atoms with E-state index < -0.39 is 0 Å². The second-order valence-electron chi connectivity index (χ2n) is 6.74. The number of aromatic nitrogens is 2. The van der Waals surface area contributed by atoms with Crippen molar-refractivity contribution < 1.29 is 5.11 Å². The Hall–Kier alpha value is -0.830. The molecular formula is C15H26N2O. The molecule has 0 radical (unpaired) electrons. The van der Waals surface area contributed by atoms with Crippen molar-refractivity contribution in [1.82, 2.24) is 9.78 Å². The van der Waals surface area contributed by atoms with Gasteiger partial charge in [0, 0.05) is 13.2 Å². The van der Waals surface area contributed by atoms with E-state index in [4.69, 9.17) is 0 Å². The van der Waals surface area contributed by atoms with Gasteiger partial charge in [0.15, 0.2) is 0 Å². The van der Waals surface area contributed by atoms with Gasteiger partial charge in [-0.2, -0.15) is 5.10 Å². The van der Waals surface area contributed by atoms with Crippen LogP contribution in [0.15, 0.2) is 12.3 Å². The lowest BCUT2D eigenvalue weighted by Crippen LogP contribution is -2.39. The van der Waals surface area contributed by atoms with E-state index in [1.54, 1.807) is 0 Å². The summed E-state index contributed by atoms with van der Waals surface area (Å²) in [4.78, 5) is 0. The Bertz CT molecular complexity index is 397. The van der Waals surface area contributed by atoms with Crippen LogP contribution in [-0.2, 0) is 13.5 Å². The molecule has 18 heavy (non-hydrogen) atoms. The van der Waals surface area contributed by atoms with Crippen molar-refractivity contribution in [3.8, 4) is 0 Å². The zero-order valence-electron chi connectivity index (χ0n) is 12.1. The van der Waals surface area contributed by atoms with Crippen molar-refractivity contribution in [2.45, 2.75) is 52.6 Å². The largest absolute Gasteiger partial charge is 0.393 e. The number of aliphatic hydroxyl groups is 1. The predicted octanol–water partition coefficient (Wildman–Crippen LogP) is 2.79. The Kier molecular flexibility index (Phi) is 3.81. The second-order valence-corrected chi connectivity index (χ2v) is 6.74. The molecule has 1 aromatic heterocycles. The first-order valence-electron chi connectivity index (χ1n) is 7.05. The van der Waals surface area contributed by atoms with Crippen molar-refractivity contribution in [3.63, 3.8) is 0 Å². The van der Waals surface area contributed by atoms with Gasteiger partial charge in [0.2, 0.25) is 0 Å². The van der Waals surface area contributed by atoms with Crippen LogP contribution in [0.25, 0.3) is 0 Å². The molecule has 1 fully saturated rings. The van der Waals surface area contributed by atoms with E-state index in [-0.39, 0.29) is 11.5 Å². The maximum absolute atomic E-state index is 10.3. The van der Waals surface area contributed by atoms with Gasteiger partial charge >= 0.3 is 0 Å². The zero-order valence-corrected chi connectivity index (χ0v) is 12.1. The van der Waals surface area contributed by atoms with Gasteiger partial charge in [-0.15, -0.1) is 0 Å². The molecule has 3 unspecified atom stereocenters. The highest BCUT2D eigenvalue weighted by Gasteiger charge is 2.38. The Morgan fingerprint density at radius 2 is 2.17 bits per heavy atom. The van der Waals surface area contributed by atoms with Crippen LogP contribution in [0, 0.1) is 17.3 Å². The molecule has 0 spiro atoms. The summed E-state index contributed by atoms with van der Waals surface area (Å²) in [7, 11) is 1.95. The minimum atomic E-state index is -0.146. The molecule has 0 aromatic carbocycles. The zero-order chi connectivity index (χ0) is 13.3. The Morgan fingerprint density at radius 3 is 2.72 bits per heavy atom. The van der Waals surface area contributed by atoms with Crippen LogP contribution in [0.1, 0.15) is 45.7 Å². The summed E-state index contributed by atoms with van der Waals surface area (Å²) in [6.45, 7) is 6.78. The molecule has 3 heteroatoms. The van der Waals surface area contributed by atoms with Crippen molar-refractivity contribution in [2.75, 3.05) is 0 Å². The summed E-state index contributed by atoms with van der Waals surface area (Å²) >= 11 is 0. The minimum Gasteiger partial charge on any atom is -0.393 e. The highest BCUT2D eigenvalue weighted by atomic mass is 16.3. The van der Waals surface area contributed by atoms with Gasteiger partial charge in [-0.05, 0) is 42.6 Å². The lowest BCUT2D eigenvalue weighted by Gasteiger charge is -2.41. The molecule has 1 N–H and O–H groups in total. The minimum absolute atomic E-state index is 0.119. The average Bonchev–Trinajstić information content (AvgIpc) is 2.62. The summed E-state index contributed by atoms with van der Waals surface area (Å²) in [6, 6.07) is 2.08. The number of hydrogen-bond donors (Lipinski definition) is 1. The van der Waals surface area contributed by atoms with E-state index in [1.807, 2.05) is 17.9 Å². The van der Waals surface area contributed by atoms with E-state index in [2.05, 4.69) is 31.9 Å². The van der Waals surface area contributed by atoms with Gasteiger partial charge in [-0.25, -0.2) is 0 Å². The van der Waals surface area contributed by atoms with E-state index in [1.165, 1.54) is 6.42 Å². The first-order valence-corrected chi connectivity index (χ1v) is 7.05. The smallest absolute Gasteiger partial charge is 0.0629 e.